The highest BCUT2D eigenvalue weighted by molar-refractivity contribution is 7.89. The van der Waals surface area contributed by atoms with Crippen molar-refractivity contribution in [3.63, 3.8) is 0 Å². The Balaban J connectivity index is 1.72. The minimum atomic E-state index is -3.63. The summed E-state index contributed by atoms with van der Waals surface area (Å²) in [6.45, 7) is 0.769. The number of hydrogen-bond acceptors (Lipinski definition) is 3. The van der Waals surface area contributed by atoms with Crippen LogP contribution in [0.3, 0.4) is 0 Å². The van der Waals surface area contributed by atoms with E-state index in [0.29, 0.717) is 17.5 Å². The van der Waals surface area contributed by atoms with E-state index < -0.39 is 10.0 Å². The van der Waals surface area contributed by atoms with Crippen molar-refractivity contribution in [2.45, 2.75) is 43.4 Å². The zero-order valence-electron chi connectivity index (χ0n) is 13.1. The maximum Gasteiger partial charge on any atom is 0.240 e. The van der Waals surface area contributed by atoms with Gasteiger partial charge in [0, 0.05) is 24.5 Å². The molecule has 0 saturated heterocycles. The standard InChI is InChI=1S/C16H23ClN2O3S/c17-14-7-4-8-15(11-14)23(21,22)19-10-9-16(20)18-12-13-5-2-1-3-6-13/h4,7-8,11,13,19H,1-3,5-6,9-10,12H2,(H,18,20). The van der Waals surface area contributed by atoms with Crippen molar-refractivity contribution in [3.05, 3.63) is 29.3 Å². The Morgan fingerprint density at radius 1 is 1.22 bits per heavy atom. The molecule has 7 heteroatoms. The predicted molar refractivity (Wildman–Crippen MR) is 90.8 cm³/mol. The number of rotatable bonds is 7. The summed E-state index contributed by atoms with van der Waals surface area (Å²) in [5.74, 6) is 0.445. The Hall–Kier alpha value is -1.11. The van der Waals surface area contributed by atoms with Gasteiger partial charge in [0.05, 0.1) is 4.90 Å². The quantitative estimate of drug-likeness (QED) is 0.786. The molecule has 128 valence electrons. The van der Waals surface area contributed by atoms with Crippen LogP contribution in [-0.4, -0.2) is 27.4 Å². The highest BCUT2D eigenvalue weighted by atomic mass is 35.5. The van der Waals surface area contributed by atoms with Crippen molar-refractivity contribution in [2.24, 2.45) is 5.92 Å². The first-order valence-corrected chi connectivity index (χ1v) is 9.85. The van der Waals surface area contributed by atoms with Crippen LogP contribution in [-0.2, 0) is 14.8 Å². The van der Waals surface area contributed by atoms with Crippen LogP contribution < -0.4 is 10.0 Å². The van der Waals surface area contributed by atoms with Crippen LogP contribution in [0.1, 0.15) is 38.5 Å². The van der Waals surface area contributed by atoms with Gasteiger partial charge in [-0.05, 0) is 37.0 Å². The number of amides is 1. The Kier molecular flexibility index (Phi) is 6.87. The molecule has 0 aliphatic heterocycles. The fourth-order valence-corrected chi connectivity index (χ4v) is 4.09. The maximum absolute atomic E-state index is 12.1. The van der Waals surface area contributed by atoms with Crippen molar-refractivity contribution in [1.29, 1.82) is 0 Å². The third-order valence-electron chi connectivity index (χ3n) is 4.06. The van der Waals surface area contributed by atoms with Crippen molar-refractivity contribution < 1.29 is 13.2 Å². The third-order valence-corrected chi connectivity index (χ3v) is 5.76. The van der Waals surface area contributed by atoms with Gasteiger partial charge in [0.25, 0.3) is 0 Å². The normalized spacial score (nSPS) is 16.2. The molecule has 0 radical (unpaired) electrons. The van der Waals surface area contributed by atoms with Crippen LogP contribution in [0.4, 0.5) is 0 Å². The first-order chi connectivity index (χ1) is 11.0. The first kappa shape index (κ1) is 18.2. The summed E-state index contributed by atoms with van der Waals surface area (Å²) >= 11 is 5.79. The molecule has 0 aromatic heterocycles. The average Bonchev–Trinajstić information content (AvgIpc) is 2.54. The van der Waals surface area contributed by atoms with E-state index >= 15 is 0 Å². The molecule has 1 saturated carbocycles. The summed E-state index contributed by atoms with van der Waals surface area (Å²) in [4.78, 5) is 11.9. The van der Waals surface area contributed by atoms with Crippen molar-refractivity contribution in [1.82, 2.24) is 10.0 Å². The van der Waals surface area contributed by atoms with E-state index in [1.807, 2.05) is 0 Å². The number of sulfonamides is 1. The van der Waals surface area contributed by atoms with Crippen LogP contribution >= 0.6 is 11.6 Å². The van der Waals surface area contributed by atoms with Gasteiger partial charge in [0.1, 0.15) is 0 Å². The SMILES string of the molecule is O=C(CCNS(=O)(=O)c1cccc(Cl)c1)NCC1CCCCC1. The van der Waals surface area contributed by atoms with Gasteiger partial charge in [-0.3, -0.25) is 4.79 Å². The fourth-order valence-electron chi connectivity index (χ4n) is 2.75. The molecule has 1 aromatic rings. The average molecular weight is 359 g/mol. The van der Waals surface area contributed by atoms with Gasteiger partial charge in [0.2, 0.25) is 15.9 Å². The minimum Gasteiger partial charge on any atom is -0.356 e. The van der Waals surface area contributed by atoms with E-state index in [1.165, 1.54) is 44.2 Å². The molecular weight excluding hydrogens is 336 g/mol. The van der Waals surface area contributed by atoms with Gasteiger partial charge in [-0.1, -0.05) is 36.9 Å². The first-order valence-electron chi connectivity index (χ1n) is 7.99. The zero-order chi connectivity index (χ0) is 16.7. The lowest BCUT2D eigenvalue weighted by Crippen LogP contribution is -2.33. The van der Waals surface area contributed by atoms with E-state index in [2.05, 4.69) is 10.0 Å². The third kappa shape index (κ3) is 6.12. The monoisotopic (exact) mass is 358 g/mol. The molecule has 0 atom stereocenters. The van der Waals surface area contributed by atoms with Crippen LogP contribution in [0.25, 0.3) is 0 Å². The van der Waals surface area contributed by atoms with E-state index in [4.69, 9.17) is 11.6 Å². The molecule has 1 fully saturated rings. The number of hydrogen-bond donors (Lipinski definition) is 2. The summed E-state index contributed by atoms with van der Waals surface area (Å²) in [5.41, 5.74) is 0. The topological polar surface area (TPSA) is 75.3 Å². The lowest BCUT2D eigenvalue weighted by atomic mass is 9.89. The van der Waals surface area contributed by atoms with Crippen LogP contribution in [0, 0.1) is 5.92 Å². The number of carbonyl (C=O) groups is 1. The number of carbonyl (C=O) groups excluding carboxylic acids is 1. The molecule has 0 spiro atoms. The maximum atomic E-state index is 12.1. The fraction of sp³-hybridized carbons (Fsp3) is 0.562. The Labute approximate surface area is 142 Å². The molecule has 2 N–H and O–H groups in total. The molecule has 1 aliphatic rings. The molecule has 0 bridgehead atoms. The molecular formula is C16H23ClN2O3S. The second-order valence-electron chi connectivity index (χ2n) is 5.91. The van der Waals surface area contributed by atoms with Crippen molar-refractivity contribution >= 4 is 27.5 Å². The predicted octanol–water partition coefficient (Wildman–Crippen LogP) is 2.70. The molecule has 0 unspecified atom stereocenters. The molecule has 1 aromatic carbocycles. The van der Waals surface area contributed by atoms with Crippen molar-refractivity contribution in [3.8, 4) is 0 Å². The number of nitrogens with one attached hydrogen (secondary N) is 2. The van der Waals surface area contributed by atoms with E-state index in [1.54, 1.807) is 12.1 Å². The van der Waals surface area contributed by atoms with Gasteiger partial charge in [-0.2, -0.15) is 0 Å². The zero-order valence-corrected chi connectivity index (χ0v) is 14.6. The highest BCUT2D eigenvalue weighted by Gasteiger charge is 2.16. The van der Waals surface area contributed by atoms with Crippen LogP contribution in [0.2, 0.25) is 5.02 Å². The smallest absolute Gasteiger partial charge is 0.240 e. The lowest BCUT2D eigenvalue weighted by Gasteiger charge is -2.21. The summed E-state index contributed by atoms with van der Waals surface area (Å²) in [7, 11) is -3.63. The number of halogens is 1. The van der Waals surface area contributed by atoms with Gasteiger partial charge in [0.15, 0.2) is 0 Å². The number of benzene rings is 1. The second kappa shape index (κ2) is 8.66. The van der Waals surface area contributed by atoms with E-state index in [9.17, 15) is 13.2 Å². The molecule has 1 amide bonds. The largest absolute Gasteiger partial charge is 0.356 e. The summed E-state index contributed by atoms with van der Waals surface area (Å²) < 4.78 is 26.6. The summed E-state index contributed by atoms with van der Waals surface area (Å²) in [5, 5.41) is 3.25. The molecule has 2 rings (SSSR count). The molecule has 23 heavy (non-hydrogen) atoms. The minimum absolute atomic E-state index is 0.0747. The molecule has 1 aliphatic carbocycles. The van der Waals surface area contributed by atoms with E-state index in [-0.39, 0.29) is 23.8 Å². The Morgan fingerprint density at radius 2 is 1.96 bits per heavy atom. The van der Waals surface area contributed by atoms with Crippen molar-refractivity contribution in [2.75, 3.05) is 13.1 Å². The van der Waals surface area contributed by atoms with Crippen LogP contribution in [0.15, 0.2) is 29.2 Å². The molecule has 0 heterocycles. The molecule has 5 nitrogen and oxygen atoms in total. The Morgan fingerprint density at radius 3 is 2.65 bits per heavy atom. The lowest BCUT2D eigenvalue weighted by molar-refractivity contribution is -0.121. The van der Waals surface area contributed by atoms with Gasteiger partial charge >= 0.3 is 0 Å². The van der Waals surface area contributed by atoms with Gasteiger partial charge < -0.3 is 5.32 Å². The van der Waals surface area contributed by atoms with E-state index in [0.717, 1.165) is 0 Å². The van der Waals surface area contributed by atoms with Gasteiger partial charge in [-0.25, -0.2) is 13.1 Å². The summed E-state index contributed by atoms with van der Waals surface area (Å²) in [6.07, 6.45) is 6.23. The van der Waals surface area contributed by atoms with Gasteiger partial charge in [-0.15, -0.1) is 0 Å². The van der Waals surface area contributed by atoms with Crippen LogP contribution in [0.5, 0.6) is 0 Å². The Bertz CT molecular complexity index is 628. The highest BCUT2D eigenvalue weighted by Crippen LogP contribution is 2.22. The second-order valence-corrected chi connectivity index (χ2v) is 8.12. The summed E-state index contributed by atoms with van der Waals surface area (Å²) in [6, 6.07) is 6.04.